The fraction of sp³-hybridized carbons (Fsp3) is 0.300. The molecule has 29 heavy (non-hydrogen) atoms. The largest absolute Gasteiger partial charge is 0.309 e. The standard InChI is InChI=1S/C20H18F2N6O/c1-9(2)18-14(22)3-10(12-5-24-27-19(12)18)15-7-28-8-16(25-17(28)6-23-15)26-20(29)11-4-13(11)21/h3,5-9,11,13H,4H2,1-2H3,(H,24,27)(H,26,29). The lowest BCUT2D eigenvalue weighted by Crippen LogP contribution is -2.15. The van der Waals surface area contributed by atoms with Crippen LogP contribution in [-0.4, -0.2) is 36.6 Å². The molecule has 0 saturated heterocycles. The summed E-state index contributed by atoms with van der Waals surface area (Å²) in [5.74, 6) is -0.969. The van der Waals surface area contributed by atoms with Gasteiger partial charge < -0.3 is 9.72 Å². The normalized spacial score (nSPS) is 18.7. The maximum absolute atomic E-state index is 14.8. The molecule has 0 bridgehead atoms. The molecule has 0 radical (unpaired) electrons. The van der Waals surface area contributed by atoms with Crippen molar-refractivity contribution in [3.8, 4) is 11.3 Å². The van der Waals surface area contributed by atoms with Crippen molar-refractivity contribution < 1.29 is 13.6 Å². The van der Waals surface area contributed by atoms with Crippen molar-refractivity contribution >= 4 is 28.3 Å². The average molecular weight is 396 g/mol. The number of nitrogens with one attached hydrogen (secondary N) is 2. The van der Waals surface area contributed by atoms with E-state index in [9.17, 15) is 13.6 Å². The maximum Gasteiger partial charge on any atom is 0.231 e. The highest BCUT2D eigenvalue weighted by Gasteiger charge is 2.43. The summed E-state index contributed by atoms with van der Waals surface area (Å²) in [5.41, 5.74) is 2.90. The summed E-state index contributed by atoms with van der Waals surface area (Å²) in [7, 11) is 0. The second kappa shape index (κ2) is 6.33. The molecule has 1 amide bonds. The van der Waals surface area contributed by atoms with Crippen LogP contribution in [-0.2, 0) is 4.79 Å². The Kier molecular flexibility index (Phi) is 3.87. The van der Waals surface area contributed by atoms with Crippen molar-refractivity contribution in [2.45, 2.75) is 32.4 Å². The zero-order valence-corrected chi connectivity index (χ0v) is 15.8. The highest BCUT2D eigenvalue weighted by Crippen LogP contribution is 2.35. The lowest BCUT2D eigenvalue weighted by molar-refractivity contribution is -0.117. The zero-order valence-electron chi connectivity index (χ0n) is 15.8. The molecule has 5 rings (SSSR count). The van der Waals surface area contributed by atoms with E-state index in [1.807, 2.05) is 13.8 Å². The number of halogens is 2. The first kappa shape index (κ1) is 17.7. The first-order valence-electron chi connectivity index (χ1n) is 9.38. The van der Waals surface area contributed by atoms with E-state index < -0.39 is 12.1 Å². The molecule has 0 aliphatic heterocycles. The van der Waals surface area contributed by atoms with E-state index in [2.05, 4.69) is 25.5 Å². The molecule has 1 saturated carbocycles. The number of imidazole rings is 1. The Labute approximate surface area is 164 Å². The Morgan fingerprint density at radius 1 is 1.34 bits per heavy atom. The number of rotatable bonds is 4. The molecule has 7 nitrogen and oxygen atoms in total. The highest BCUT2D eigenvalue weighted by molar-refractivity contribution is 5.96. The van der Waals surface area contributed by atoms with E-state index in [0.29, 0.717) is 33.8 Å². The molecule has 148 valence electrons. The zero-order chi connectivity index (χ0) is 20.3. The van der Waals surface area contributed by atoms with Crippen LogP contribution in [0.5, 0.6) is 0 Å². The van der Waals surface area contributed by atoms with Crippen molar-refractivity contribution in [3.05, 3.63) is 42.2 Å². The Balaban J connectivity index is 1.55. The summed E-state index contributed by atoms with van der Waals surface area (Å²) in [6.07, 6.45) is 5.72. The van der Waals surface area contributed by atoms with Gasteiger partial charge in [0.15, 0.2) is 11.5 Å². The molecular formula is C20H18F2N6O. The van der Waals surface area contributed by atoms with Crippen LogP contribution in [0.15, 0.2) is 30.9 Å². The second-order valence-electron chi connectivity index (χ2n) is 7.64. The molecule has 2 N–H and O–H groups in total. The van der Waals surface area contributed by atoms with Gasteiger partial charge in [-0.1, -0.05) is 13.8 Å². The molecule has 2 atom stereocenters. The third-order valence-electron chi connectivity index (χ3n) is 5.22. The SMILES string of the molecule is CC(C)c1c(F)cc(-c2cn3cc(NC(=O)C4CC4F)nc3cn2)c2cn[nH]c12. The summed E-state index contributed by atoms with van der Waals surface area (Å²) in [6.45, 7) is 3.85. The van der Waals surface area contributed by atoms with Gasteiger partial charge >= 0.3 is 0 Å². The number of fused-ring (bicyclic) bond motifs is 2. The van der Waals surface area contributed by atoms with E-state index in [-0.39, 0.29) is 24.1 Å². The Bertz CT molecular complexity index is 1260. The number of alkyl halides is 1. The van der Waals surface area contributed by atoms with Crippen LogP contribution < -0.4 is 5.32 Å². The van der Waals surface area contributed by atoms with Crippen molar-refractivity contribution in [2.75, 3.05) is 5.32 Å². The molecule has 2 unspecified atom stereocenters. The Morgan fingerprint density at radius 2 is 2.14 bits per heavy atom. The summed E-state index contributed by atoms with van der Waals surface area (Å²) in [5, 5.41) is 10.4. The monoisotopic (exact) mass is 396 g/mol. The van der Waals surface area contributed by atoms with Gasteiger partial charge in [0.25, 0.3) is 0 Å². The van der Waals surface area contributed by atoms with Crippen molar-refractivity contribution in [1.82, 2.24) is 24.6 Å². The average Bonchev–Trinajstić information content (AvgIpc) is 3.05. The predicted molar refractivity (Wildman–Crippen MR) is 104 cm³/mol. The van der Waals surface area contributed by atoms with E-state index >= 15 is 0 Å². The van der Waals surface area contributed by atoms with Crippen LogP contribution in [0.2, 0.25) is 0 Å². The number of aromatic amines is 1. The number of nitrogens with zero attached hydrogens (tertiary/aromatic N) is 4. The van der Waals surface area contributed by atoms with Gasteiger partial charge in [0.05, 0.1) is 35.7 Å². The second-order valence-corrected chi connectivity index (χ2v) is 7.64. The molecule has 3 aromatic heterocycles. The number of hydrogen-bond donors (Lipinski definition) is 2. The first-order chi connectivity index (χ1) is 13.9. The highest BCUT2D eigenvalue weighted by atomic mass is 19.1. The molecule has 1 aromatic carbocycles. The number of carbonyl (C=O) groups excluding carboxylic acids is 1. The summed E-state index contributed by atoms with van der Waals surface area (Å²) >= 11 is 0. The minimum absolute atomic E-state index is 0.00218. The topological polar surface area (TPSA) is 88.0 Å². The van der Waals surface area contributed by atoms with Crippen molar-refractivity contribution in [1.29, 1.82) is 0 Å². The number of benzene rings is 1. The molecule has 1 fully saturated rings. The van der Waals surface area contributed by atoms with E-state index in [0.717, 1.165) is 5.39 Å². The van der Waals surface area contributed by atoms with Gasteiger partial charge in [-0.2, -0.15) is 5.10 Å². The van der Waals surface area contributed by atoms with Gasteiger partial charge in [0.1, 0.15) is 12.0 Å². The van der Waals surface area contributed by atoms with Gasteiger partial charge in [-0.05, 0) is 18.4 Å². The van der Waals surface area contributed by atoms with Gasteiger partial charge in [0, 0.05) is 22.7 Å². The summed E-state index contributed by atoms with van der Waals surface area (Å²) < 4.78 is 29.5. The van der Waals surface area contributed by atoms with Crippen LogP contribution in [0.25, 0.3) is 27.8 Å². The third-order valence-corrected chi connectivity index (χ3v) is 5.22. The number of anilines is 1. The van der Waals surface area contributed by atoms with E-state index in [1.54, 1.807) is 29.2 Å². The number of aromatic nitrogens is 5. The van der Waals surface area contributed by atoms with Gasteiger partial charge in [0.2, 0.25) is 5.91 Å². The quantitative estimate of drug-likeness (QED) is 0.549. The number of hydrogen-bond acceptors (Lipinski definition) is 4. The van der Waals surface area contributed by atoms with Crippen LogP contribution in [0.1, 0.15) is 31.7 Å². The summed E-state index contributed by atoms with van der Waals surface area (Å²) in [6, 6.07) is 1.47. The fourth-order valence-corrected chi connectivity index (χ4v) is 3.63. The van der Waals surface area contributed by atoms with Crippen LogP contribution in [0, 0.1) is 11.7 Å². The van der Waals surface area contributed by atoms with Gasteiger partial charge in [-0.3, -0.25) is 14.9 Å². The first-order valence-corrected chi connectivity index (χ1v) is 9.38. The van der Waals surface area contributed by atoms with E-state index in [4.69, 9.17) is 0 Å². The molecule has 4 aromatic rings. The van der Waals surface area contributed by atoms with Crippen LogP contribution in [0.4, 0.5) is 14.6 Å². The molecular weight excluding hydrogens is 378 g/mol. The predicted octanol–water partition coefficient (Wildman–Crippen LogP) is 3.83. The van der Waals surface area contributed by atoms with Crippen LogP contribution >= 0.6 is 0 Å². The Hall–Kier alpha value is -3.36. The molecule has 9 heteroatoms. The van der Waals surface area contributed by atoms with Crippen molar-refractivity contribution in [2.24, 2.45) is 5.92 Å². The molecule has 1 aliphatic carbocycles. The minimum Gasteiger partial charge on any atom is -0.309 e. The van der Waals surface area contributed by atoms with Gasteiger partial charge in [-0.25, -0.2) is 13.8 Å². The lowest BCUT2D eigenvalue weighted by Gasteiger charge is -2.11. The van der Waals surface area contributed by atoms with E-state index in [1.165, 1.54) is 6.07 Å². The number of amides is 1. The fourth-order valence-electron chi connectivity index (χ4n) is 3.63. The van der Waals surface area contributed by atoms with Gasteiger partial charge in [-0.15, -0.1) is 0 Å². The molecule has 3 heterocycles. The summed E-state index contributed by atoms with van der Waals surface area (Å²) in [4.78, 5) is 20.6. The van der Waals surface area contributed by atoms with Crippen molar-refractivity contribution in [3.63, 3.8) is 0 Å². The molecule has 0 spiro atoms. The lowest BCUT2D eigenvalue weighted by atomic mass is 9.96. The molecule has 1 aliphatic rings. The van der Waals surface area contributed by atoms with Crippen LogP contribution in [0.3, 0.4) is 0 Å². The number of carbonyl (C=O) groups is 1. The smallest absolute Gasteiger partial charge is 0.231 e. The Morgan fingerprint density at radius 3 is 2.86 bits per heavy atom. The minimum atomic E-state index is -1.07. The maximum atomic E-state index is 14.8. The number of H-pyrrole nitrogens is 1. The third kappa shape index (κ3) is 2.93.